The molecule has 0 spiro atoms. The number of alkyl halides is 3. The average Bonchev–Trinajstić information content (AvgIpc) is 2.30. The maximum Gasteiger partial charge on any atom is 0.396 e. The van der Waals surface area contributed by atoms with Crippen LogP contribution in [0.2, 0.25) is 5.02 Å². The molecule has 1 aromatic carbocycles. The van der Waals surface area contributed by atoms with E-state index in [0.29, 0.717) is 16.3 Å². The van der Waals surface area contributed by atoms with Gasteiger partial charge in [-0.25, -0.2) is 0 Å². The van der Waals surface area contributed by atoms with E-state index in [1.54, 1.807) is 19.1 Å². The molecule has 1 atom stereocenters. The van der Waals surface area contributed by atoms with Gasteiger partial charge in [0.15, 0.2) is 0 Å². The Kier molecular flexibility index (Phi) is 5.71. The van der Waals surface area contributed by atoms with Crippen LogP contribution in [0.5, 0.6) is 5.75 Å². The number of halogens is 4. The summed E-state index contributed by atoms with van der Waals surface area (Å²) in [4.78, 5) is 0. The summed E-state index contributed by atoms with van der Waals surface area (Å²) < 4.78 is 43.1. The molecule has 0 radical (unpaired) electrons. The zero-order valence-corrected chi connectivity index (χ0v) is 12.5. The van der Waals surface area contributed by atoms with Crippen molar-refractivity contribution in [1.82, 2.24) is 0 Å². The molecule has 1 aromatic rings. The molecule has 0 bridgehead atoms. The fourth-order valence-electron chi connectivity index (χ4n) is 1.75. The SMILES string of the molecule is Cc1cc(Cl)c(C(C)C)cc1OCC(CN)C(F)(F)F. The quantitative estimate of drug-likeness (QED) is 0.880. The maximum absolute atomic E-state index is 12.6. The first kappa shape index (κ1) is 17.1. The van der Waals surface area contributed by atoms with Gasteiger partial charge in [-0.15, -0.1) is 0 Å². The van der Waals surface area contributed by atoms with Gasteiger partial charge in [-0.2, -0.15) is 13.2 Å². The minimum Gasteiger partial charge on any atom is -0.493 e. The number of hydrogen-bond donors (Lipinski definition) is 1. The molecule has 0 aliphatic heterocycles. The lowest BCUT2D eigenvalue weighted by atomic mass is 10.0. The smallest absolute Gasteiger partial charge is 0.396 e. The number of aryl methyl sites for hydroxylation is 1. The Hall–Kier alpha value is -0.940. The molecule has 20 heavy (non-hydrogen) atoms. The van der Waals surface area contributed by atoms with Crippen molar-refractivity contribution < 1.29 is 17.9 Å². The van der Waals surface area contributed by atoms with Gasteiger partial charge in [-0.3, -0.25) is 0 Å². The molecule has 0 aromatic heterocycles. The standard InChI is InChI=1S/C14H19ClF3NO/c1-8(2)11-5-13(9(3)4-12(11)15)20-7-10(6-19)14(16,17)18/h4-5,8,10H,6-7,19H2,1-3H3. The summed E-state index contributed by atoms with van der Waals surface area (Å²) in [5.74, 6) is -1.08. The molecule has 0 saturated heterocycles. The van der Waals surface area contributed by atoms with Crippen LogP contribution in [0.15, 0.2) is 12.1 Å². The molecule has 2 N–H and O–H groups in total. The summed E-state index contributed by atoms with van der Waals surface area (Å²) in [6, 6.07) is 3.41. The second-order valence-corrected chi connectivity index (χ2v) is 5.49. The van der Waals surface area contributed by atoms with Crippen LogP contribution in [-0.4, -0.2) is 19.3 Å². The second-order valence-electron chi connectivity index (χ2n) is 5.08. The van der Waals surface area contributed by atoms with Gasteiger partial charge in [0.25, 0.3) is 0 Å². The van der Waals surface area contributed by atoms with Crippen LogP contribution in [-0.2, 0) is 0 Å². The fourth-order valence-corrected chi connectivity index (χ4v) is 2.19. The molecule has 0 amide bonds. The van der Waals surface area contributed by atoms with Gasteiger partial charge in [0.05, 0.1) is 0 Å². The molecule has 1 rings (SSSR count). The van der Waals surface area contributed by atoms with Crippen LogP contribution in [0.4, 0.5) is 13.2 Å². The van der Waals surface area contributed by atoms with E-state index < -0.39 is 25.2 Å². The van der Waals surface area contributed by atoms with Gasteiger partial charge in [0, 0.05) is 11.6 Å². The topological polar surface area (TPSA) is 35.2 Å². The summed E-state index contributed by atoms with van der Waals surface area (Å²) in [6.45, 7) is 4.68. The first-order valence-electron chi connectivity index (χ1n) is 6.36. The molecule has 0 heterocycles. The first-order chi connectivity index (χ1) is 9.16. The Morgan fingerprint density at radius 2 is 1.90 bits per heavy atom. The summed E-state index contributed by atoms with van der Waals surface area (Å²) in [5.41, 5.74) is 6.70. The van der Waals surface area contributed by atoms with Gasteiger partial charge in [-0.05, 0) is 36.1 Å². The number of rotatable bonds is 5. The van der Waals surface area contributed by atoms with Crippen LogP contribution in [0.1, 0.15) is 30.9 Å². The Labute approximate surface area is 122 Å². The summed E-state index contributed by atoms with van der Waals surface area (Å²) in [6.07, 6.45) is -4.35. The van der Waals surface area contributed by atoms with E-state index >= 15 is 0 Å². The molecule has 0 aliphatic carbocycles. The number of benzene rings is 1. The lowest BCUT2D eigenvalue weighted by Crippen LogP contribution is -2.35. The molecule has 6 heteroatoms. The van der Waals surface area contributed by atoms with Crippen molar-refractivity contribution in [3.63, 3.8) is 0 Å². The van der Waals surface area contributed by atoms with Gasteiger partial charge in [-0.1, -0.05) is 25.4 Å². The van der Waals surface area contributed by atoms with E-state index in [-0.39, 0.29) is 5.92 Å². The molecule has 1 unspecified atom stereocenters. The molecule has 0 saturated carbocycles. The van der Waals surface area contributed by atoms with Crippen molar-refractivity contribution in [2.75, 3.05) is 13.2 Å². The molecular weight excluding hydrogens is 291 g/mol. The van der Waals surface area contributed by atoms with Crippen molar-refractivity contribution in [2.45, 2.75) is 32.9 Å². The van der Waals surface area contributed by atoms with Gasteiger partial charge >= 0.3 is 6.18 Å². The summed E-state index contributed by atoms with van der Waals surface area (Å²) >= 11 is 6.10. The molecule has 0 aliphatic rings. The predicted octanol–water partition coefficient (Wildman–Crippen LogP) is 4.29. The van der Waals surface area contributed by atoms with Crippen molar-refractivity contribution in [3.05, 3.63) is 28.3 Å². The molecule has 2 nitrogen and oxygen atoms in total. The zero-order valence-electron chi connectivity index (χ0n) is 11.7. The minimum absolute atomic E-state index is 0.165. The highest BCUT2D eigenvalue weighted by molar-refractivity contribution is 6.31. The minimum atomic E-state index is -4.35. The first-order valence-corrected chi connectivity index (χ1v) is 6.74. The Bertz CT molecular complexity index is 460. The van der Waals surface area contributed by atoms with Crippen LogP contribution in [0.3, 0.4) is 0 Å². The van der Waals surface area contributed by atoms with Crippen LogP contribution >= 0.6 is 11.6 Å². The third-order valence-corrected chi connectivity index (χ3v) is 3.43. The van der Waals surface area contributed by atoms with E-state index in [9.17, 15) is 13.2 Å². The fraction of sp³-hybridized carbons (Fsp3) is 0.571. The largest absolute Gasteiger partial charge is 0.493 e. The highest BCUT2D eigenvalue weighted by Crippen LogP contribution is 2.32. The van der Waals surface area contributed by atoms with Crippen LogP contribution in [0, 0.1) is 12.8 Å². The van der Waals surface area contributed by atoms with Crippen molar-refractivity contribution in [1.29, 1.82) is 0 Å². The lowest BCUT2D eigenvalue weighted by molar-refractivity contribution is -0.178. The zero-order chi connectivity index (χ0) is 15.5. The Balaban J connectivity index is 2.90. The van der Waals surface area contributed by atoms with E-state index in [1.807, 2.05) is 13.8 Å². The predicted molar refractivity (Wildman–Crippen MR) is 74.4 cm³/mol. The number of hydrogen-bond acceptors (Lipinski definition) is 2. The number of ether oxygens (including phenoxy) is 1. The highest BCUT2D eigenvalue weighted by Gasteiger charge is 2.39. The van der Waals surface area contributed by atoms with Crippen molar-refractivity contribution >= 4 is 11.6 Å². The normalized spacial score (nSPS) is 13.7. The van der Waals surface area contributed by atoms with Crippen LogP contribution in [0.25, 0.3) is 0 Å². The van der Waals surface area contributed by atoms with Gasteiger partial charge < -0.3 is 10.5 Å². The van der Waals surface area contributed by atoms with Crippen LogP contribution < -0.4 is 10.5 Å². The maximum atomic E-state index is 12.6. The van der Waals surface area contributed by atoms with Gasteiger partial charge in [0.1, 0.15) is 18.3 Å². The highest BCUT2D eigenvalue weighted by atomic mass is 35.5. The van der Waals surface area contributed by atoms with E-state index in [0.717, 1.165) is 5.56 Å². The third-order valence-electron chi connectivity index (χ3n) is 3.10. The average molecular weight is 310 g/mol. The Morgan fingerprint density at radius 1 is 1.30 bits per heavy atom. The second kappa shape index (κ2) is 6.68. The van der Waals surface area contributed by atoms with E-state index in [4.69, 9.17) is 22.1 Å². The molecule has 114 valence electrons. The molecular formula is C14H19ClF3NO. The number of nitrogens with two attached hydrogens (primary N) is 1. The van der Waals surface area contributed by atoms with Crippen molar-refractivity contribution in [3.8, 4) is 5.75 Å². The third kappa shape index (κ3) is 4.28. The van der Waals surface area contributed by atoms with E-state index in [1.165, 1.54) is 0 Å². The Morgan fingerprint density at radius 3 is 2.35 bits per heavy atom. The summed E-state index contributed by atoms with van der Waals surface area (Å²) in [5, 5.41) is 0.594. The van der Waals surface area contributed by atoms with Crippen molar-refractivity contribution in [2.24, 2.45) is 11.7 Å². The molecule has 0 fully saturated rings. The summed E-state index contributed by atoms with van der Waals surface area (Å²) in [7, 11) is 0. The lowest BCUT2D eigenvalue weighted by Gasteiger charge is -2.20. The monoisotopic (exact) mass is 309 g/mol. The van der Waals surface area contributed by atoms with Gasteiger partial charge in [0.2, 0.25) is 0 Å². The van der Waals surface area contributed by atoms with E-state index in [2.05, 4.69) is 0 Å².